The molecule has 2 nitrogen and oxygen atoms in total. The van der Waals surface area contributed by atoms with E-state index in [1.807, 2.05) is 6.92 Å². The molecule has 1 rings (SSSR count). The van der Waals surface area contributed by atoms with Crippen molar-refractivity contribution in [3.05, 3.63) is 11.1 Å². The predicted molar refractivity (Wildman–Crippen MR) is 50.2 cm³/mol. The molecule has 0 radical (unpaired) electrons. The van der Waals surface area contributed by atoms with E-state index < -0.39 is 0 Å². The van der Waals surface area contributed by atoms with Crippen LogP contribution >= 0.6 is 11.6 Å². The van der Waals surface area contributed by atoms with Crippen LogP contribution in [0.15, 0.2) is 11.1 Å². The topological polar surface area (TPSA) is 29.1 Å². The van der Waals surface area contributed by atoms with Crippen molar-refractivity contribution < 1.29 is 4.79 Å². The Labute approximate surface area is 78.0 Å². The molecule has 1 atom stereocenters. The van der Waals surface area contributed by atoms with Crippen LogP contribution in [0.25, 0.3) is 0 Å². The van der Waals surface area contributed by atoms with Gasteiger partial charge in [-0.05, 0) is 13.3 Å². The number of halogens is 1. The van der Waals surface area contributed by atoms with Crippen LogP contribution in [0.1, 0.15) is 19.8 Å². The minimum atomic E-state index is 0.147. The molecule has 1 N–H and O–H groups in total. The van der Waals surface area contributed by atoms with Gasteiger partial charge in [-0.3, -0.25) is 4.79 Å². The summed E-state index contributed by atoms with van der Waals surface area (Å²) in [6.07, 6.45) is 1.47. The number of allylic oxidation sites excluding steroid dienone is 1. The minimum absolute atomic E-state index is 0.147. The molecular formula is C9H14ClNO. The number of hydrogen-bond acceptors (Lipinski definition) is 2. The van der Waals surface area contributed by atoms with Crippen LogP contribution in [0.5, 0.6) is 0 Å². The van der Waals surface area contributed by atoms with Gasteiger partial charge in [0.2, 0.25) is 0 Å². The molecule has 0 aliphatic carbocycles. The average Bonchev–Trinajstić information content (AvgIpc) is 2.09. The predicted octanol–water partition coefficient (Wildman–Crippen LogP) is 1.70. The van der Waals surface area contributed by atoms with E-state index in [-0.39, 0.29) is 5.92 Å². The summed E-state index contributed by atoms with van der Waals surface area (Å²) in [4.78, 5) is 11.3. The SMILES string of the molecule is CC(=CCl)CC1CNCCC1=O. The Morgan fingerprint density at radius 3 is 3.17 bits per heavy atom. The zero-order chi connectivity index (χ0) is 8.97. The molecule has 3 heteroatoms. The summed E-state index contributed by atoms with van der Waals surface area (Å²) in [5, 5.41) is 3.20. The lowest BCUT2D eigenvalue weighted by atomic mass is 9.92. The van der Waals surface area contributed by atoms with E-state index in [2.05, 4.69) is 5.32 Å². The van der Waals surface area contributed by atoms with Crippen molar-refractivity contribution in [3.63, 3.8) is 0 Å². The lowest BCUT2D eigenvalue weighted by Gasteiger charge is -2.21. The first kappa shape index (κ1) is 9.75. The third kappa shape index (κ3) is 2.61. The molecule has 1 aliphatic rings. The summed E-state index contributed by atoms with van der Waals surface area (Å²) < 4.78 is 0. The van der Waals surface area contributed by atoms with Crippen LogP contribution in [0, 0.1) is 5.92 Å². The van der Waals surface area contributed by atoms with Crippen molar-refractivity contribution in [2.24, 2.45) is 5.92 Å². The van der Waals surface area contributed by atoms with Crippen LogP contribution in [0.4, 0.5) is 0 Å². The second-order valence-electron chi connectivity index (χ2n) is 3.28. The highest BCUT2D eigenvalue weighted by Crippen LogP contribution is 2.16. The second-order valence-corrected chi connectivity index (χ2v) is 3.50. The molecule has 0 aromatic rings. The van der Waals surface area contributed by atoms with Crippen molar-refractivity contribution in [1.82, 2.24) is 5.32 Å². The van der Waals surface area contributed by atoms with Crippen molar-refractivity contribution in [1.29, 1.82) is 0 Å². The summed E-state index contributed by atoms with van der Waals surface area (Å²) >= 11 is 5.53. The molecule has 68 valence electrons. The Balaban J connectivity index is 2.44. The Hall–Kier alpha value is -0.340. The van der Waals surface area contributed by atoms with Gasteiger partial charge in [-0.1, -0.05) is 17.2 Å². The molecule has 0 amide bonds. The molecule has 1 saturated heterocycles. The van der Waals surface area contributed by atoms with Crippen molar-refractivity contribution in [2.75, 3.05) is 13.1 Å². The van der Waals surface area contributed by atoms with Gasteiger partial charge in [-0.15, -0.1) is 0 Å². The number of carbonyl (C=O) groups excluding carboxylic acids is 1. The summed E-state index contributed by atoms with van der Waals surface area (Å²) in [5.74, 6) is 0.514. The number of carbonyl (C=O) groups is 1. The lowest BCUT2D eigenvalue weighted by Crippen LogP contribution is -2.36. The van der Waals surface area contributed by atoms with Crippen LogP contribution in [0.2, 0.25) is 0 Å². The van der Waals surface area contributed by atoms with E-state index >= 15 is 0 Å². The Morgan fingerprint density at radius 1 is 1.83 bits per heavy atom. The smallest absolute Gasteiger partial charge is 0.138 e. The first-order valence-corrected chi connectivity index (χ1v) is 4.67. The van der Waals surface area contributed by atoms with E-state index in [1.54, 1.807) is 5.54 Å². The molecule has 1 aliphatic heterocycles. The third-order valence-corrected chi connectivity index (χ3v) is 2.52. The fourth-order valence-corrected chi connectivity index (χ4v) is 1.51. The number of rotatable bonds is 2. The lowest BCUT2D eigenvalue weighted by molar-refractivity contribution is -0.123. The van der Waals surface area contributed by atoms with Crippen molar-refractivity contribution in [3.8, 4) is 0 Å². The number of Topliss-reactive ketones (excluding diaryl/α,β-unsaturated/α-hetero) is 1. The zero-order valence-corrected chi connectivity index (χ0v) is 8.03. The van der Waals surface area contributed by atoms with Crippen LogP contribution < -0.4 is 5.32 Å². The van der Waals surface area contributed by atoms with Gasteiger partial charge in [-0.2, -0.15) is 0 Å². The summed E-state index contributed by atoms with van der Waals surface area (Å²) in [5.41, 5.74) is 2.64. The van der Waals surface area contributed by atoms with Gasteiger partial charge in [0.05, 0.1) is 0 Å². The third-order valence-electron chi connectivity index (χ3n) is 2.15. The number of hydrogen-bond donors (Lipinski definition) is 1. The van der Waals surface area contributed by atoms with Crippen LogP contribution in [0.3, 0.4) is 0 Å². The summed E-state index contributed by atoms with van der Waals surface area (Å²) in [6.45, 7) is 3.59. The largest absolute Gasteiger partial charge is 0.316 e. The molecular weight excluding hydrogens is 174 g/mol. The highest BCUT2D eigenvalue weighted by molar-refractivity contribution is 6.25. The van der Waals surface area contributed by atoms with E-state index in [4.69, 9.17) is 11.6 Å². The van der Waals surface area contributed by atoms with Crippen LogP contribution in [-0.4, -0.2) is 18.9 Å². The first-order valence-electron chi connectivity index (χ1n) is 4.23. The fourth-order valence-electron chi connectivity index (χ4n) is 1.43. The molecule has 0 bridgehead atoms. The van der Waals surface area contributed by atoms with Gasteiger partial charge in [0.25, 0.3) is 0 Å². The van der Waals surface area contributed by atoms with E-state index in [1.165, 1.54) is 0 Å². The molecule has 1 unspecified atom stereocenters. The fraction of sp³-hybridized carbons (Fsp3) is 0.667. The Kier molecular flexibility index (Phi) is 3.76. The maximum Gasteiger partial charge on any atom is 0.138 e. The van der Waals surface area contributed by atoms with E-state index in [9.17, 15) is 4.79 Å². The molecule has 0 aromatic carbocycles. The standard InChI is InChI=1S/C9H14ClNO/c1-7(5-10)4-8-6-11-3-2-9(8)12/h5,8,11H,2-4,6H2,1H3. The Bertz CT molecular complexity index is 201. The molecule has 0 saturated carbocycles. The van der Waals surface area contributed by atoms with Gasteiger partial charge in [-0.25, -0.2) is 0 Å². The quantitative estimate of drug-likeness (QED) is 0.713. The highest BCUT2D eigenvalue weighted by Gasteiger charge is 2.21. The number of piperidine rings is 1. The van der Waals surface area contributed by atoms with Crippen molar-refractivity contribution in [2.45, 2.75) is 19.8 Å². The molecule has 0 spiro atoms. The normalized spacial score (nSPS) is 26.0. The monoisotopic (exact) mass is 187 g/mol. The molecule has 12 heavy (non-hydrogen) atoms. The molecule has 1 fully saturated rings. The maximum atomic E-state index is 11.3. The molecule has 1 heterocycles. The van der Waals surface area contributed by atoms with Crippen molar-refractivity contribution >= 4 is 17.4 Å². The first-order chi connectivity index (χ1) is 5.74. The van der Waals surface area contributed by atoms with E-state index in [0.717, 1.165) is 25.1 Å². The van der Waals surface area contributed by atoms with Gasteiger partial charge in [0.15, 0.2) is 0 Å². The number of nitrogens with one attached hydrogen (secondary N) is 1. The summed E-state index contributed by atoms with van der Waals surface area (Å²) in [6, 6.07) is 0. The van der Waals surface area contributed by atoms with E-state index in [0.29, 0.717) is 12.2 Å². The van der Waals surface area contributed by atoms with Gasteiger partial charge in [0.1, 0.15) is 5.78 Å². The second kappa shape index (κ2) is 4.63. The van der Waals surface area contributed by atoms with Gasteiger partial charge < -0.3 is 5.32 Å². The van der Waals surface area contributed by atoms with Crippen LogP contribution in [-0.2, 0) is 4.79 Å². The molecule has 0 aromatic heterocycles. The number of ketones is 1. The maximum absolute atomic E-state index is 11.3. The summed E-state index contributed by atoms with van der Waals surface area (Å²) in [7, 11) is 0. The Morgan fingerprint density at radius 2 is 2.58 bits per heavy atom. The minimum Gasteiger partial charge on any atom is -0.316 e. The zero-order valence-electron chi connectivity index (χ0n) is 7.27. The average molecular weight is 188 g/mol. The highest BCUT2D eigenvalue weighted by atomic mass is 35.5. The van der Waals surface area contributed by atoms with Gasteiger partial charge >= 0.3 is 0 Å². The van der Waals surface area contributed by atoms with Gasteiger partial charge in [0, 0.05) is 31.0 Å².